The van der Waals surface area contributed by atoms with Gasteiger partial charge < -0.3 is 14.6 Å². The third kappa shape index (κ3) is 3.63. The van der Waals surface area contributed by atoms with E-state index in [2.05, 4.69) is 5.32 Å². The molecule has 0 bridgehead atoms. The second-order valence-corrected chi connectivity index (χ2v) is 7.70. The molecule has 2 N–H and O–H groups in total. The summed E-state index contributed by atoms with van der Waals surface area (Å²) in [6.45, 7) is 9.17. The quantitative estimate of drug-likeness (QED) is 0.872. The summed E-state index contributed by atoms with van der Waals surface area (Å²) in [5, 5.41) is 12.2. The average molecular weight is 335 g/mol. The number of aliphatic carboxylic acids is 1. The molecule has 0 spiro atoms. The first-order chi connectivity index (χ1) is 11.0. The Bertz CT molecular complexity index is 660. The van der Waals surface area contributed by atoms with Gasteiger partial charge in [0.1, 0.15) is 11.4 Å². The number of carboxylic acid groups (broad SMARTS) is 1. The number of carbonyl (C=O) groups excluding carboxylic acids is 1. The molecule has 1 amide bonds. The normalized spacial score (nSPS) is 21.8. The SMILES string of the molecule is COc1ccc(NC(=O)OC(C)(C)C)c(C2C(C(=O)O)C2(C)C)c1. The summed E-state index contributed by atoms with van der Waals surface area (Å²) in [4.78, 5) is 23.6. The summed E-state index contributed by atoms with van der Waals surface area (Å²) >= 11 is 0. The van der Waals surface area contributed by atoms with E-state index in [4.69, 9.17) is 9.47 Å². The van der Waals surface area contributed by atoms with Crippen LogP contribution in [0, 0.1) is 11.3 Å². The van der Waals surface area contributed by atoms with Crippen LogP contribution in [0.2, 0.25) is 0 Å². The predicted octanol–water partition coefficient (Wildman–Crippen LogP) is 3.87. The molecular formula is C18H25NO5. The van der Waals surface area contributed by atoms with Crippen LogP contribution in [0.1, 0.15) is 46.1 Å². The van der Waals surface area contributed by atoms with Crippen LogP contribution in [0.25, 0.3) is 0 Å². The minimum absolute atomic E-state index is 0.199. The van der Waals surface area contributed by atoms with Gasteiger partial charge in [0.15, 0.2) is 0 Å². The molecule has 2 rings (SSSR count). The van der Waals surface area contributed by atoms with Gasteiger partial charge >= 0.3 is 12.1 Å². The maximum Gasteiger partial charge on any atom is 0.412 e. The van der Waals surface area contributed by atoms with Crippen molar-refractivity contribution < 1.29 is 24.2 Å². The second kappa shape index (κ2) is 6.00. The van der Waals surface area contributed by atoms with Crippen molar-refractivity contribution in [3.63, 3.8) is 0 Å². The number of methoxy groups -OCH3 is 1. The van der Waals surface area contributed by atoms with E-state index in [0.29, 0.717) is 11.4 Å². The van der Waals surface area contributed by atoms with Gasteiger partial charge in [-0.2, -0.15) is 0 Å². The highest BCUT2D eigenvalue weighted by atomic mass is 16.6. The van der Waals surface area contributed by atoms with Gasteiger partial charge in [0, 0.05) is 11.6 Å². The lowest BCUT2D eigenvalue weighted by Gasteiger charge is -2.21. The molecule has 1 aliphatic carbocycles. The van der Waals surface area contributed by atoms with E-state index in [-0.39, 0.29) is 11.3 Å². The van der Waals surface area contributed by atoms with Crippen LogP contribution < -0.4 is 10.1 Å². The van der Waals surface area contributed by atoms with E-state index in [9.17, 15) is 14.7 Å². The Labute approximate surface area is 142 Å². The number of nitrogens with one attached hydrogen (secondary N) is 1. The predicted molar refractivity (Wildman–Crippen MR) is 90.5 cm³/mol. The van der Waals surface area contributed by atoms with Crippen LogP contribution in [0.5, 0.6) is 5.75 Å². The molecule has 0 radical (unpaired) electrons. The highest BCUT2D eigenvalue weighted by Gasteiger charge is 2.63. The van der Waals surface area contributed by atoms with E-state index < -0.39 is 23.6 Å². The van der Waals surface area contributed by atoms with Crippen LogP contribution >= 0.6 is 0 Å². The van der Waals surface area contributed by atoms with Crippen LogP contribution in [0.4, 0.5) is 10.5 Å². The molecule has 1 aromatic rings. The minimum Gasteiger partial charge on any atom is -0.497 e. The van der Waals surface area contributed by atoms with Gasteiger partial charge in [-0.1, -0.05) is 13.8 Å². The zero-order chi connectivity index (χ0) is 18.3. The summed E-state index contributed by atoms with van der Waals surface area (Å²) in [5.41, 5.74) is 0.298. The number of ether oxygens (including phenoxy) is 2. The van der Waals surface area contributed by atoms with Crippen LogP contribution in [0.15, 0.2) is 18.2 Å². The first-order valence-corrected chi connectivity index (χ1v) is 7.88. The topological polar surface area (TPSA) is 84.9 Å². The van der Waals surface area contributed by atoms with Crippen molar-refractivity contribution in [1.29, 1.82) is 0 Å². The van der Waals surface area contributed by atoms with Gasteiger partial charge in [-0.05, 0) is 49.9 Å². The molecule has 132 valence electrons. The van der Waals surface area contributed by atoms with Gasteiger partial charge in [-0.15, -0.1) is 0 Å². The maximum atomic E-state index is 12.1. The lowest BCUT2D eigenvalue weighted by Crippen LogP contribution is -2.27. The van der Waals surface area contributed by atoms with E-state index in [0.717, 1.165) is 5.56 Å². The molecule has 0 aromatic heterocycles. The highest BCUT2D eigenvalue weighted by Crippen LogP contribution is 2.65. The Morgan fingerprint density at radius 1 is 1.25 bits per heavy atom. The highest BCUT2D eigenvalue weighted by molar-refractivity contribution is 5.87. The molecule has 1 saturated carbocycles. The van der Waals surface area contributed by atoms with Crippen molar-refractivity contribution >= 4 is 17.7 Å². The summed E-state index contributed by atoms with van der Waals surface area (Å²) in [5.74, 6) is -0.915. The monoisotopic (exact) mass is 335 g/mol. The van der Waals surface area contributed by atoms with Crippen molar-refractivity contribution in [3.05, 3.63) is 23.8 Å². The molecule has 2 unspecified atom stereocenters. The molecular weight excluding hydrogens is 310 g/mol. The Morgan fingerprint density at radius 2 is 1.88 bits per heavy atom. The number of amides is 1. The molecule has 0 heterocycles. The molecule has 0 saturated heterocycles. The van der Waals surface area contributed by atoms with Crippen LogP contribution in [-0.2, 0) is 9.53 Å². The first-order valence-electron chi connectivity index (χ1n) is 7.88. The molecule has 2 atom stereocenters. The number of anilines is 1. The van der Waals surface area contributed by atoms with Gasteiger partial charge in [-0.3, -0.25) is 10.1 Å². The number of hydrogen-bond donors (Lipinski definition) is 2. The standard InChI is InChI=1S/C18H25NO5/c1-17(2,3)24-16(22)19-12-8-7-10(23-6)9-11(12)13-14(15(20)21)18(13,4)5/h7-9,13-14H,1-6H3,(H,19,22)(H,20,21). The summed E-state index contributed by atoms with van der Waals surface area (Å²) in [7, 11) is 1.55. The fourth-order valence-corrected chi connectivity index (χ4v) is 3.13. The lowest BCUT2D eigenvalue weighted by atomic mass is 10.0. The Hall–Kier alpha value is -2.24. The minimum atomic E-state index is -0.837. The molecule has 6 heteroatoms. The number of rotatable bonds is 4. The van der Waals surface area contributed by atoms with Crippen LogP contribution in [0.3, 0.4) is 0 Å². The molecule has 24 heavy (non-hydrogen) atoms. The van der Waals surface area contributed by atoms with Gasteiger partial charge in [0.25, 0.3) is 0 Å². The molecule has 6 nitrogen and oxygen atoms in total. The van der Waals surface area contributed by atoms with E-state index in [1.54, 1.807) is 46.1 Å². The lowest BCUT2D eigenvalue weighted by molar-refractivity contribution is -0.139. The van der Waals surface area contributed by atoms with Crippen molar-refractivity contribution in [2.24, 2.45) is 11.3 Å². The van der Waals surface area contributed by atoms with E-state index in [1.165, 1.54) is 0 Å². The van der Waals surface area contributed by atoms with Gasteiger partial charge in [0.2, 0.25) is 0 Å². The molecule has 1 fully saturated rings. The van der Waals surface area contributed by atoms with Gasteiger partial charge in [0.05, 0.1) is 13.0 Å². The third-order valence-electron chi connectivity index (χ3n) is 4.32. The Morgan fingerprint density at radius 3 is 2.33 bits per heavy atom. The summed E-state index contributed by atoms with van der Waals surface area (Å²) in [6.07, 6.45) is -0.570. The number of carbonyl (C=O) groups is 2. The first kappa shape index (κ1) is 18.1. The Kier molecular flexibility index (Phi) is 4.52. The van der Waals surface area contributed by atoms with Crippen molar-refractivity contribution in [2.45, 2.75) is 46.1 Å². The summed E-state index contributed by atoms with van der Waals surface area (Å²) < 4.78 is 10.5. The molecule has 0 aliphatic heterocycles. The smallest absolute Gasteiger partial charge is 0.412 e. The zero-order valence-electron chi connectivity index (χ0n) is 15.0. The van der Waals surface area contributed by atoms with Gasteiger partial charge in [-0.25, -0.2) is 4.79 Å². The van der Waals surface area contributed by atoms with Crippen molar-refractivity contribution in [1.82, 2.24) is 0 Å². The fraction of sp³-hybridized carbons (Fsp3) is 0.556. The maximum absolute atomic E-state index is 12.1. The Balaban J connectivity index is 2.33. The zero-order valence-corrected chi connectivity index (χ0v) is 15.0. The second-order valence-electron chi connectivity index (χ2n) is 7.70. The summed E-state index contributed by atoms with van der Waals surface area (Å²) in [6, 6.07) is 5.22. The van der Waals surface area contributed by atoms with E-state index in [1.807, 2.05) is 13.8 Å². The third-order valence-corrected chi connectivity index (χ3v) is 4.32. The fourth-order valence-electron chi connectivity index (χ4n) is 3.13. The van der Waals surface area contributed by atoms with Crippen LogP contribution in [-0.4, -0.2) is 29.9 Å². The van der Waals surface area contributed by atoms with Crippen molar-refractivity contribution in [3.8, 4) is 5.75 Å². The largest absolute Gasteiger partial charge is 0.497 e. The number of hydrogen-bond acceptors (Lipinski definition) is 4. The number of carboxylic acids is 1. The molecule has 1 aliphatic rings. The number of benzene rings is 1. The average Bonchev–Trinajstić information content (AvgIpc) is 3.00. The van der Waals surface area contributed by atoms with E-state index >= 15 is 0 Å². The molecule has 1 aromatic carbocycles. The van der Waals surface area contributed by atoms with Crippen molar-refractivity contribution in [2.75, 3.05) is 12.4 Å².